The number of halogens is 1. The van der Waals surface area contributed by atoms with Gasteiger partial charge in [0.05, 0.1) is 29.2 Å². The van der Waals surface area contributed by atoms with Crippen LogP contribution in [0.4, 0.5) is 4.79 Å². The number of carbonyl (C=O) groups excluding carboxylic acids is 3. The Labute approximate surface area is 254 Å². The lowest BCUT2D eigenvalue weighted by Crippen LogP contribution is -2.33. The largest absolute Gasteiger partial charge is 0.493 e. The maximum atomic E-state index is 11.9. The van der Waals surface area contributed by atoms with Crippen LogP contribution in [-0.4, -0.2) is 36.9 Å². The molecule has 0 radical (unpaired) electrons. The van der Waals surface area contributed by atoms with Crippen LogP contribution in [0.25, 0.3) is 6.08 Å². The molecule has 0 spiro atoms. The Morgan fingerprint density at radius 2 is 1.88 bits per heavy atom. The molecule has 9 heteroatoms. The number of benzene rings is 2. The van der Waals surface area contributed by atoms with Crippen molar-refractivity contribution in [3.8, 4) is 11.5 Å². The Kier molecular flexibility index (Phi) is 10.2. The summed E-state index contributed by atoms with van der Waals surface area (Å²) in [6.07, 6.45) is 6.60. The first-order valence-corrected chi connectivity index (χ1v) is 15.7. The average molecular weight is 645 g/mol. The van der Waals surface area contributed by atoms with Crippen LogP contribution in [0.15, 0.2) is 27.6 Å². The zero-order valence-electron chi connectivity index (χ0n) is 24.4. The second-order valence-corrected chi connectivity index (χ2v) is 13.0. The van der Waals surface area contributed by atoms with Gasteiger partial charge in [0.1, 0.15) is 11.5 Å². The highest BCUT2D eigenvalue weighted by Crippen LogP contribution is 2.43. The van der Waals surface area contributed by atoms with Gasteiger partial charge >= 0.3 is 5.97 Å². The van der Waals surface area contributed by atoms with E-state index in [0.29, 0.717) is 31.1 Å². The van der Waals surface area contributed by atoms with E-state index in [4.69, 9.17) is 14.2 Å². The first-order valence-electron chi connectivity index (χ1n) is 14.1. The summed E-state index contributed by atoms with van der Waals surface area (Å²) in [5.74, 6) is 1.21. The van der Waals surface area contributed by atoms with Gasteiger partial charge < -0.3 is 14.2 Å². The molecule has 0 bridgehead atoms. The quantitative estimate of drug-likeness (QED) is 0.155. The third-order valence-electron chi connectivity index (χ3n) is 7.89. The zero-order valence-corrected chi connectivity index (χ0v) is 26.8. The number of thioether (sulfide) groups is 1. The number of nitrogens with one attached hydrogen (secondary N) is 1. The maximum Gasteiger partial charge on any atom is 0.305 e. The topological polar surface area (TPSA) is 90.9 Å². The fraction of sp³-hybridized carbons (Fsp3) is 0.469. The minimum atomic E-state index is -0.368. The summed E-state index contributed by atoms with van der Waals surface area (Å²) in [6.45, 7) is 12.2. The summed E-state index contributed by atoms with van der Waals surface area (Å²) < 4.78 is 18.4. The van der Waals surface area contributed by atoms with Gasteiger partial charge in [0, 0.05) is 11.8 Å². The number of unbranched alkanes of at least 4 members (excludes halogenated alkanes) is 1. The van der Waals surface area contributed by atoms with E-state index in [1.807, 2.05) is 25.1 Å². The number of imide groups is 1. The number of amides is 2. The monoisotopic (exact) mass is 643 g/mol. The van der Waals surface area contributed by atoms with Crippen molar-refractivity contribution in [2.45, 2.75) is 73.1 Å². The van der Waals surface area contributed by atoms with Crippen molar-refractivity contribution in [1.82, 2.24) is 5.32 Å². The number of hydrogen-bond donors (Lipinski definition) is 1. The summed E-state index contributed by atoms with van der Waals surface area (Å²) in [5.41, 5.74) is 7.26. The molecule has 1 heterocycles. The molecule has 7 nitrogen and oxygen atoms in total. The number of ether oxygens (including phenoxy) is 3. The molecule has 2 aromatic carbocycles. The summed E-state index contributed by atoms with van der Waals surface area (Å²) in [5, 5.41) is 1.92. The van der Waals surface area contributed by atoms with E-state index >= 15 is 0 Å². The van der Waals surface area contributed by atoms with Crippen molar-refractivity contribution in [3.63, 3.8) is 0 Å². The molecule has 2 amide bonds. The van der Waals surface area contributed by atoms with Gasteiger partial charge in [-0.3, -0.25) is 19.7 Å². The highest BCUT2D eigenvalue weighted by atomic mass is 79.9. The van der Waals surface area contributed by atoms with Crippen LogP contribution in [0, 0.1) is 26.2 Å². The van der Waals surface area contributed by atoms with Crippen molar-refractivity contribution < 1.29 is 28.6 Å². The van der Waals surface area contributed by atoms with E-state index in [1.165, 1.54) is 27.8 Å². The Morgan fingerprint density at radius 3 is 2.56 bits per heavy atom. The number of carbonyl (C=O) groups is 3. The molecule has 2 aliphatic rings. The second-order valence-electron chi connectivity index (χ2n) is 11.1. The van der Waals surface area contributed by atoms with Crippen molar-refractivity contribution in [2.75, 3.05) is 19.8 Å². The van der Waals surface area contributed by atoms with Gasteiger partial charge in [0.25, 0.3) is 11.1 Å². The SMILES string of the molecule is CCOC(=O)CCCCOc1c(C)c(C)c2c(c1C)CC[C@](C)(COc1ccc(/C=C3/SC(=O)NC3=O)cc1Br)C2. The van der Waals surface area contributed by atoms with E-state index in [9.17, 15) is 14.4 Å². The fourth-order valence-electron chi connectivity index (χ4n) is 5.45. The lowest BCUT2D eigenvalue weighted by Gasteiger charge is -2.37. The molecule has 0 unspecified atom stereocenters. The summed E-state index contributed by atoms with van der Waals surface area (Å²) in [4.78, 5) is 35.3. The molecule has 1 fully saturated rings. The van der Waals surface area contributed by atoms with E-state index in [-0.39, 0.29) is 22.5 Å². The van der Waals surface area contributed by atoms with Gasteiger partial charge in [-0.2, -0.15) is 0 Å². The predicted molar refractivity (Wildman–Crippen MR) is 166 cm³/mol. The smallest absolute Gasteiger partial charge is 0.305 e. The Bertz CT molecular complexity index is 1390. The third-order valence-corrected chi connectivity index (χ3v) is 9.32. The van der Waals surface area contributed by atoms with Crippen molar-refractivity contribution in [3.05, 3.63) is 61.0 Å². The van der Waals surface area contributed by atoms with Gasteiger partial charge in [0.15, 0.2) is 0 Å². The van der Waals surface area contributed by atoms with Gasteiger partial charge in [-0.05, 0) is 139 Å². The van der Waals surface area contributed by atoms with Crippen molar-refractivity contribution in [1.29, 1.82) is 0 Å². The van der Waals surface area contributed by atoms with Crippen LogP contribution < -0.4 is 14.8 Å². The molecule has 41 heavy (non-hydrogen) atoms. The first-order chi connectivity index (χ1) is 19.5. The van der Waals surface area contributed by atoms with Crippen LogP contribution >= 0.6 is 27.7 Å². The summed E-state index contributed by atoms with van der Waals surface area (Å²) >= 11 is 4.51. The minimum absolute atomic E-state index is 0.0227. The van der Waals surface area contributed by atoms with Crippen LogP contribution in [-0.2, 0) is 27.2 Å². The van der Waals surface area contributed by atoms with Gasteiger partial charge in [-0.25, -0.2) is 0 Å². The molecule has 1 saturated heterocycles. The Hall–Kier alpha value is -2.78. The molecule has 1 N–H and O–H groups in total. The lowest BCUT2D eigenvalue weighted by atomic mass is 9.70. The number of hydrogen-bond acceptors (Lipinski definition) is 7. The van der Waals surface area contributed by atoms with Crippen molar-refractivity contribution >= 4 is 50.9 Å². The number of fused-ring (bicyclic) bond motifs is 1. The lowest BCUT2D eigenvalue weighted by molar-refractivity contribution is -0.143. The second kappa shape index (κ2) is 13.5. The summed E-state index contributed by atoms with van der Waals surface area (Å²) in [6, 6.07) is 5.68. The standard InChI is InChI=1S/C32H38BrNO6S/c1-6-38-28(35)9-7-8-14-39-29-20(3)19(2)24-17-32(5,13-12-23(24)21(29)4)18-40-26-11-10-22(15-25(26)33)16-27-30(36)34-31(37)41-27/h10-11,15-16H,6-9,12-14,17-18H2,1-5H3,(H,34,36,37)/b27-16+/t32-/m0/s1. The molecule has 1 aliphatic carbocycles. The van der Waals surface area contributed by atoms with Gasteiger partial charge in [-0.15, -0.1) is 0 Å². The molecule has 1 atom stereocenters. The Balaban J connectivity index is 1.39. The molecule has 0 aromatic heterocycles. The fourth-order valence-corrected chi connectivity index (χ4v) is 6.65. The zero-order chi connectivity index (χ0) is 29.7. The maximum absolute atomic E-state index is 11.9. The molecule has 4 rings (SSSR count). The van der Waals surface area contributed by atoms with Gasteiger partial charge in [0.2, 0.25) is 0 Å². The Morgan fingerprint density at radius 1 is 1.10 bits per heavy atom. The van der Waals surface area contributed by atoms with E-state index < -0.39 is 0 Å². The van der Waals surface area contributed by atoms with E-state index in [0.717, 1.165) is 65.4 Å². The number of rotatable bonds is 11. The van der Waals surface area contributed by atoms with Crippen LogP contribution in [0.3, 0.4) is 0 Å². The molecule has 1 aliphatic heterocycles. The van der Waals surface area contributed by atoms with Crippen molar-refractivity contribution in [2.24, 2.45) is 5.41 Å². The number of esters is 1. The highest BCUT2D eigenvalue weighted by Gasteiger charge is 2.34. The first kappa shape index (κ1) is 31.2. The van der Waals surface area contributed by atoms with Crippen LogP contribution in [0.5, 0.6) is 11.5 Å². The van der Waals surface area contributed by atoms with Crippen LogP contribution in [0.2, 0.25) is 0 Å². The third kappa shape index (κ3) is 7.55. The minimum Gasteiger partial charge on any atom is -0.493 e. The van der Waals surface area contributed by atoms with E-state index in [1.54, 1.807) is 6.08 Å². The van der Waals surface area contributed by atoms with Crippen LogP contribution in [0.1, 0.15) is 72.9 Å². The summed E-state index contributed by atoms with van der Waals surface area (Å²) in [7, 11) is 0. The van der Waals surface area contributed by atoms with Gasteiger partial charge in [-0.1, -0.05) is 13.0 Å². The van der Waals surface area contributed by atoms with E-state index in [2.05, 4.69) is 48.9 Å². The molecular weight excluding hydrogens is 606 g/mol. The highest BCUT2D eigenvalue weighted by molar-refractivity contribution is 9.10. The normalized spacial score (nSPS) is 19.2. The molecule has 220 valence electrons. The molecule has 0 saturated carbocycles. The molecular formula is C32H38BrNO6S. The average Bonchev–Trinajstić information content (AvgIpc) is 3.24. The molecule has 2 aromatic rings. The predicted octanol–water partition coefficient (Wildman–Crippen LogP) is 7.38.